The molecule has 148 valence electrons. The Labute approximate surface area is 182 Å². The van der Waals surface area contributed by atoms with Gasteiger partial charge in [0.25, 0.3) is 11.8 Å². The summed E-state index contributed by atoms with van der Waals surface area (Å²) in [5.74, 6) is -0.402. The maximum absolute atomic E-state index is 12.1. The summed E-state index contributed by atoms with van der Waals surface area (Å²) < 4.78 is 5.58. The number of rotatable bonds is 4. The number of halogens is 2. The van der Waals surface area contributed by atoms with Crippen LogP contribution in [0.4, 0.5) is 0 Å². The number of fused-ring (bicyclic) bond motifs is 1. The highest BCUT2D eigenvalue weighted by atomic mass is 35.5. The Bertz CT molecular complexity index is 1070. The fraction of sp³-hybridized carbons (Fsp3) is 0.0500. The number of ether oxygens (including phenoxy) is 1. The first kappa shape index (κ1) is 20.9. The molecule has 29 heavy (non-hydrogen) atoms. The summed E-state index contributed by atoms with van der Waals surface area (Å²) in [6, 6.07) is 17.7. The lowest BCUT2D eigenvalue weighted by Gasteiger charge is -2.12. The first-order chi connectivity index (χ1) is 13.9. The van der Waals surface area contributed by atoms with Crippen LogP contribution in [0.3, 0.4) is 0 Å². The minimum absolute atomic E-state index is 0.0930. The van der Waals surface area contributed by atoms with Crippen molar-refractivity contribution in [2.45, 2.75) is 0 Å². The van der Waals surface area contributed by atoms with Crippen LogP contribution in [-0.4, -0.2) is 23.5 Å². The number of hydrogen-bond acceptors (Lipinski definition) is 4. The van der Waals surface area contributed by atoms with E-state index < -0.39 is 11.8 Å². The first-order valence-corrected chi connectivity index (χ1v) is 9.55. The van der Waals surface area contributed by atoms with Gasteiger partial charge in [0.05, 0.1) is 0 Å². The highest BCUT2D eigenvalue weighted by molar-refractivity contribution is 7.80. The third-order valence-corrected chi connectivity index (χ3v) is 4.42. The van der Waals surface area contributed by atoms with Gasteiger partial charge in [-0.3, -0.25) is 25.8 Å². The molecule has 3 rings (SSSR count). The Morgan fingerprint density at radius 3 is 2.38 bits per heavy atom. The number of nitrogens with one attached hydrogen (secondary N) is 3. The summed E-state index contributed by atoms with van der Waals surface area (Å²) in [6.07, 6.45) is 0. The normalized spacial score (nSPS) is 10.3. The summed E-state index contributed by atoms with van der Waals surface area (Å²) >= 11 is 16.7. The van der Waals surface area contributed by atoms with Crippen LogP contribution in [0.5, 0.6) is 5.75 Å². The molecule has 0 aromatic heterocycles. The lowest BCUT2D eigenvalue weighted by molar-refractivity contribution is -0.123. The Kier molecular flexibility index (Phi) is 6.87. The van der Waals surface area contributed by atoms with Gasteiger partial charge in [0.2, 0.25) is 0 Å². The Morgan fingerprint density at radius 2 is 1.62 bits per heavy atom. The highest BCUT2D eigenvalue weighted by Gasteiger charge is 2.11. The second-order valence-corrected chi connectivity index (χ2v) is 7.16. The lowest BCUT2D eigenvalue weighted by atomic mass is 10.1. The second-order valence-electron chi connectivity index (χ2n) is 5.88. The van der Waals surface area contributed by atoms with E-state index in [-0.39, 0.29) is 17.3 Å². The van der Waals surface area contributed by atoms with Gasteiger partial charge < -0.3 is 4.74 Å². The molecule has 9 heteroatoms. The summed E-state index contributed by atoms with van der Waals surface area (Å²) in [7, 11) is 0. The maximum atomic E-state index is 12.1. The molecule has 6 nitrogen and oxygen atoms in total. The summed E-state index contributed by atoms with van der Waals surface area (Å²) in [6.45, 7) is -0.235. The van der Waals surface area contributed by atoms with E-state index in [1.807, 2.05) is 36.4 Å². The summed E-state index contributed by atoms with van der Waals surface area (Å²) in [4.78, 5) is 24.1. The van der Waals surface area contributed by atoms with Crippen molar-refractivity contribution < 1.29 is 14.3 Å². The molecule has 2 amide bonds. The molecule has 0 bridgehead atoms. The van der Waals surface area contributed by atoms with Crippen LogP contribution in [0.1, 0.15) is 10.4 Å². The molecule has 3 aromatic rings. The molecule has 0 aliphatic rings. The van der Waals surface area contributed by atoms with Crippen LogP contribution in [0.15, 0.2) is 60.7 Å². The predicted molar refractivity (Wildman–Crippen MR) is 117 cm³/mol. The Morgan fingerprint density at radius 1 is 0.931 bits per heavy atom. The molecule has 0 spiro atoms. The van der Waals surface area contributed by atoms with E-state index in [0.717, 1.165) is 10.8 Å². The lowest BCUT2D eigenvalue weighted by Crippen LogP contribution is -2.49. The second kappa shape index (κ2) is 9.56. The van der Waals surface area contributed by atoms with Gasteiger partial charge >= 0.3 is 0 Å². The van der Waals surface area contributed by atoms with Crippen molar-refractivity contribution in [1.82, 2.24) is 16.2 Å². The third kappa shape index (κ3) is 5.80. The predicted octanol–water partition coefficient (Wildman–Crippen LogP) is 3.86. The minimum Gasteiger partial charge on any atom is -0.483 e. The smallest absolute Gasteiger partial charge is 0.276 e. The van der Waals surface area contributed by atoms with Gasteiger partial charge in [-0.05, 0) is 41.9 Å². The fourth-order valence-corrected chi connectivity index (χ4v) is 3.19. The van der Waals surface area contributed by atoms with Crippen LogP contribution >= 0.6 is 35.4 Å². The zero-order valence-corrected chi connectivity index (χ0v) is 17.2. The SMILES string of the molecule is O=C(COc1cccc2ccccc12)NNC(=S)NC(=O)c1cc(Cl)cc(Cl)c1. The van der Waals surface area contributed by atoms with Crippen molar-refractivity contribution in [3.63, 3.8) is 0 Å². The molecule has 0 radical (unpaired) electrons. The number of hydrogen-bond donors (Lipinski definition) is 3. The van der Waals surface area contributed by atoms with Crippen molar-refractivity contribution in [2.75, 3.05) is 6.61 Å². The molecular weight excluding hydrogens is 433 g/mol. The highest BCUT2D eigenvalue weighted by Crippen LogP contribution is 2.24. The number of benzene rings is 3. The van der Waals surface area contributed by atoms with Gasteiger partial charge in [0.15, 0.2) is 11.7 Å². The van der Waals surface area contributed by atoms with Gasteiger partial charge in [-0.25, -0.2) is 0 Å². The molecule has 0 atom stereocenters. The van der Waals surface area contributed by atoms with Crippen LogP contribution < -0.4 is 20.9 Å². The topological polar surface area (TPSA) is 79.5 Å². The zero-order chi connectivity index (χ0) is 20.8. The van der Waals surface area contributed by atoms with E-state index >= 15 is 0 Å². The van der Waals surface area contributed by atoms with E-state index in [9.17, 15) is 9.59 Å². The number of hydrazine groups is 1. The van der Waals surface area contributed by atoms with E-state index in [1.165, 1.54) is 18.2 Å². The molecule has 3 N–H and O–H groups in total. The van der Waals surface area contributed by atoms with Crippen molar-refractivity contribution in [3.05, 3.63) is 76.3 Å². The van der Waals surface area contributed by atoms with Crippen LogP contribution in [0, 0.1) is 0 Å². The minimum atomic E-state index is -0.520. The molecule has 0 fully saturated rings. The van der Waals surface area contributed by atoms with Crippen molar-refractivity contribution >= 4 is 63.1 Å². The average molecular weight is 448 g/mol. The van der Waals surface area contributed by atoms with Gasteiger partial charge in [0.1, 0.15) is 5.75 Å². The van der Waals surface area contributed by atoms with Crippen LogP contribution in [0.2, 0.25) is 10.0 Å². The fourth-order valence-electron chi connectivity index (χ4n) is 2.52. The van der Waals surface area contributed by atoms with Gasteiger partial charge in [-0.2, -0.15) is 0 Å². The van der Waals surface area contributed by atoms with Gasteiger partial charge in [-0.1, -0.05) is 59.6 Å². The number of amides is 2. The van der Waals surface area contributed by atoms with Crippen molar-refractivity contribution in [1.29, 1.82) is 0 Å². The Balaban J connectivity index is 1.48. The molecule has 0 saturated heterocycles. The largest absolute Gasteiger partial charge is 0.483 e. The molecule has 3 aromatic carbocycles. The maximum Gasteiger partial charge on any atom is 0.276 e. The third-order valence-electron chi connectivity index (χ3n) is 3.78. The van der Waals surface area contributed by atoms with Crippen LogP contribution in [-0.2, 0) is 4.79 Å². The number of carbonyl (C=O) groups is 2. The van der Waals surface area contributed by atoms with Crippen LogP contribution in [0.25, 0.3) is 10.8 Å². The van der Waals surface area contributed by atoms with E-state index in [1.54, 1.807) is 6.07 Å². The number of carbonyl (C=O) groups excluding carboxylic acids is 2. The summed E-state index contributed by atoms with van der Waals surface area (Å²) in [5, 5.41) is 4.87. The standard InChI is InChI=1S/C20H15Cl2N3O3S/c21-14-8-13(9-15(22)10-14)19(27)23-20(29)25-24-18(26)11-28-17-7-3-5-12-4-1-2-6-16(12)17/h1-10H,11H2,(H,24,26)(H2,23,25,27,29). The zero-order valence-electron chi connectivity index (χ0n) is 14.9. The van der Waals surface area contributed by atoms with E-state index in [0.29, 0.717) is 15.8 Å². The monoisotopic (exact) mass is 447 g/mol. The molecular formula is C20H15Cl2N3O3S. The molecule has 0 heterocycles. The van der Waals surface area contributed by atoms with E-state index in [4.69, 9.17) is 40.2 Å². The molecule has 0 saturated carbocycles. The van der Waals surface area contributed by atoms with Crippen molar-refractivity contribution in [3.8, 4) is 5.75 Å². The quantitative estimate of drug-likeness (QED) is 0.417. The van der Waals surface area contributed by atoms with Gasteiger partial charge in [-0.15, -0.1) is 0 Å². The molecule has 0 unspecified atom stereocenters. The summed E-state index contributed by atoms with van der Waals surface area (Å²) in [5.41, 5.74) is 5.03. The number of thiocarbonyl (C=S) groups is 1. The Hall–Kier alpha value is -2.87. The van der Waals surface area contributed by atoms with E-state index in [2.05, 4.69) is 16.2 Å². The first-order valence-electron chi connectivity index (χ1n) is 8.39. The molecule has 0 aliphatic carbocycles. The average Bonchev–Trinajstić information content (AvgIpc) is 2.70. The van der Waals surface area contributed by atoms with Gasteiger partial charge in [0, 0.05) is 21.0 Å². The molecule has 0 aliphatic heterocycles. The van der Waals surface area contributed by atoms with Crippen molar-refractivity contribution in [2.24, 2.45) is 0 Å².